The lowest BCUT2D eigenvalue weighted by molar-refractivity contribution is -0.128. The number of fused-ring (bicyclic) bond motifs is 1. The fourth-order valence-corrected chi connectivity index (χ4v) is 3.45. The Morgan fingerprint density at radius 1 is 0.875 bits per heavy atom. The molecule has 0 spiro atoms. The van der Waals surface area contributed by atoms with Crippen LogP contribution in [0.25, 0.3) is 22.4 Å². The SMILES string of the molecule is CC(C)(Oc1ccc(C(C)(C)C)cc1)C(=O)Nc1ccc(-c2nc3ccccc3[nH]2)cc1. The van der Waals surface area contributed by atoms with Crippen LogP contribution in [0.2, 0.25) is 0 Å². The van der Waals surface area contributed by atoms with Crippen LogP contribution in [0.5, 0.6) is 5.75 Å². The first-order chi connectivity index (χ1) is 15.1. The highest BCUT2D eigenvalue weighted by molar-refractivity contribution is 5.97. The molecule has 0 unspecified atom stereocenters. The van der Waals surface area contributed by atoms with Crippen molar-refractivity contribution < 1.29 is 9.53 Å². The van der Waals surface area contributed by atoms with Crippen molar-refractivity contribution in [2.45, 2.75) is 45.6 Å². The molecule has 4 aromatic rings. The highest BCUT2D eigenvalue weighted by atomic mass is 16.5. The van der Waals surface area contributed by atoms with Gasteiger partial charge in [-0.1, -0.05) is 45.0 Å². The van der Waals surface area contributed by atoms with Gasteiger partial charge in [-0.15, -0.1) is 0 Å². The number of anilines is 1. The molecule has 1 heterocycles. The minimum atomic E-state index is -1.03. The number of ether oxygens (including phenoxy) is 1. The van der Waals surface area contributed by atoms with Gasteiger partial charge in [0.05, 0.1) is 11.0 Å². The Kier molecular flexibility index (Phi) is 5.51. The number of nitrogens with zero attached hydrogens (tertiary/aromatic N) is 1. The maximum atomic E-state index is 12.9. The van der Waals surface area contributed by atoms with Gasteiger partial charge in [-0.25, -0.2) is 4.98 Å². The fraction of sp³-hybridized carbons (Fsp3) is 0.259. The quantitative estimate of drug-likeness (QED) is 0.391. The zero-order valence-electron chi connectivity index (χ0n) is 19.2. The molecule has 0 atom stereocenters. The summed E-state index contributed by atoms with van der Waals surface area (Å²) in [5, 5.41) is 2.95. The number of benzene rings is 3. The number of carbonyl (C=O) groups is 1. The van der Waals surface area contributed by atoms with E-state index in [2.05, 4.69) is 36.1 Å². The number of carbonyl (C=O) groups excluding carboxylic acids is 1. The Morgan fingerprint density at radius 2 is 1.53 bits per heavy atom. The van der Waals surface area contributed by atoms with Crippen LogP contribution < -0.4 is 10.1 Å². The summed E-state index contributed by atoms with van der Waals surface area (Å²) in [7, 11) is 0. The van der Waals surface area contributed by atoms with E-state index in [0.717, 1.165) is 22.4 Å². The summed E-state index contributed by atoms with van der Waals surface area (Å²) in [6.45, 7) is 10.0. The number of aromatic nitrogens is 2. The molecule has 0 aliphatic rings. The molecular weight excluding hydrogens is 398 g/mol. The third-order valence-electron chi connectivity index (χ3n) is 5.45. The van der Waals surface area contributed by atoms with Crippen LogP contribution >= 0.6 is 0 Å². The summed E-state index contributed by atoms with van der Waals surface area (Å²) in [6, 6.07) is 23.4. The fourth-order valence-electron chi connectivity index (χ4n) is 3.45. The largest absolute Gasteiger partial charge is 0.478 e. The zero-order chi connectivity index (χ0) is 22.9. The van der Waals surface area contributed by atoms with Gasteiger partial charge < -0.3 is 15.0 Å². The maximum Gasteiger partial charge on any atom is 0.267 e. The van der Waals surface area contributed by atoms with E-state index in [1.54, 1.807) is 13.8 Å². The molecule has 4 rings (SSSR count). The van der Waals surface area contributed by atoms with Gasteiger partial charge in [0.2, 0.25) is 0 Å². The van der Waals surface area contributed by atoms with Gasteiger partial charge in [0, 0.05) is 11.3 Å². The minimum Gasteiger partial charge on any atom is -0.478 e. The molecule has 1 aromatic heterocycles. The lowest BCUT2D eigenvalue weighted by Crippen LogP contribution is -2.42. The number of H-pyrrole nitrogens is 1. The Morgan fingerprint density at radius 3 is 2.16 bits per heavy atom. The average molecular weight is 428 g/mol. The van der Waals surface area contributed by atoms with E-state index in [1.807, 2.05) is 72.8 Å². The van der Waals surface area contributed by atoms with Crippen molar-refractivity contribution in [3.8, 4) is 17.1 Å². The van der Waals surface area contributed by atoms with E-state index in [1.165, 1.54) is 5.56 Å². The van der Waals surface area contributed by atoms with E-state index in [9.17, 15) is 4.79 Å². The summed E-state index contributed by atoms with van der Waals surface area (Å²) < 4.78 is 6.00. The molecule has 0 aliphatic carbocycles. The van der Waals surface area contributed by atoms with Crippen molar-refractivity contribution in [2.75, 3.05) is 5.32 Å². The van der Waals surface area contributed by atoms with Gasteiger partial charge >= 0.3 is 0 Å². The lowest BCUT2D eigenvalue weighted by atomic mass is 9.87. The number of para-hydroxylation sites is 2. The first-order valence-electron chi connectivity index (χ1n) is 10.8. The van der Waals surface area contributed by atoms with Gasteiger partial charge in [0.15, 0.2) is 5.60 Å². The van der Waals surface area contributed by atoms with E-state index >= 15 is 0 Å². The molecule has 0 fully saturated rings. The maximum absolute atomic E-state index is 12.9. The first kappa shape index (κ1) is 21.6. The normalized spacial score (nSPS) is 12.0. The number of aromatic amines is 1. The standard InChI is InChI=1S/C27H29N3O2/c1-26(2,3)19-12-16-21(17-13-19)32-27(4,5)25(31)28-20-14-10-18(11-15-20)24-29-22-8-6-7-9-23(22)30-24/h6-17H,1-5H3,(H,28,31)(H,29,30). The van der Waals surface area contributed by atoms with Crippen LogP contribution in [0, 0.1) is 0 Å². The van der Waals surface area contributed by atoms with Gasteiger partial charge in [0.25, 0.3) is 5.91 Å². The lowest BCUT2D eigenvalue weighted by Gasteiger charge is -2.26. The summed E-state index contributed by atoms with van der Waals surface area (Å²) >= 11 is 0. The van der Waals surface area contributed by atoms with Gasteiger partial charge in [0.1, 0.15) is 11.6 Å². The van der Waals surface area contributed by atoms with Gasteiger partial charge in [-0.3, -0.25) is 4.79 Å². The van der Waals surface area contributed by atoms with Crippen LogP contribution in [0.4, 0.5) is 5.69 Å². The summed E-state index contributed by atoms with van der Waals surface area (Å²) in [5.74, 6) is 1.25. The van der Waals surface area contributed by atoms with Crippen molar-refractivity contribution in [1.29, 1.82) is 0 Å². The predicted molar refractivity (Wildman–Crippen MR) is 130 cm³/mol. The van der Waals surface area contributed by atoms with E-state index < -0.39 is 5.60 Å². The predicted octanol–water partition coefficient (Wildman–Crippen LogP) is 6.32. The summed E-state index contributed by atoms with van der Waals surface area (Å²) in [4.78, 5) is 20.8. The second-order valence-electron chi connectivity index (χ2n) is 9.52. The van der Waals surface area contributed by atoms with Crippen molar-refractivity contribution in [3.63, 3.8) is 0 Å². The molecule has 0 radical (unpaired) electrons. The topological polar surface area (TPSA) is 67.0 Å². The van der Waals surface area contributed by atoms with Crippen LogP contribution in [0.15, 0.2) is 72.8 Å². The molecule has 0 saturated heterocycles. The zero-order valence-corrected chi connectivity index (χ0v) is 19.2. The van der Waals surface area contributed by atoms with E-state index in [-0.39, 0.29) is 11.3 Å². The van der Waals surface area contributed by atoms with Gasteiger partial charge in [-0.2, -0.15) is 0 Å². The second kappa shape index (κ2) is 8.15. The molecule has 0 saturated carbocycles. The van der Waals surface area contributed by atoms with Crippen molar-refractivity contribution in [3.05, 3.63) is 78.4 Å². The first-order valence-corrected chi connectivity index (χ1v) is 10.8. The number of nitrogens with one attached hydrogen (secondary N) is 2. The highest BCUT2D eigenvalue weighted by Crippen LogP contribution is 2.27. The molecule has 0 bridgehead atoms. The monoisotopic (exact) mass is 427 g/mol. The van der Waals surface area contributed by atoms with Crippen molar-refractivity contribution >= 4 is 22.6 Å². The summed E-state index contributed by atoms with van der Waals surface area (Å²) in [5.41, 5.74) is 3.84. The Balaban J connectivity index is 1.43. The average Bonchev–Trinajstić information content (AvgIpc) is 3.18. The Bertz CT molecular complexity index is 1200. The van der Waals surface area contributed by atoms with Crippen LogP contribution in [-0.2, 0) is 10.2 Å². The third kappa shape index (κ3) is 4.67. The smallest absolute Gasteiger partial charge is 0.267 e. The van der Waals surface area contributed by atoms with Crippen molar-refractivity contribution in [1.82, 2.24) is 9.97 Å². The van der Waals surface area contributed by atoms with E-state index in [0.29, 0.717) is 11.4 Å². The minimum absolute atomic E-state index is 0.0694. The molecular formula is C27H29N3O2. The second-order valence-corrected chi connectivity index (χ2v) is 9.52. The highest BCUT2D eigenvalue weighted by Gasteiger charge is 2.30. The number of imidazole rings is 1. The molecule has 164 valence electrons. The number of hydrogen-bond donors (Lipinski definition) is 2. The molecule has 5 nitrogen and oxygen atoms in total. The molecule has 0 aliphatic heterocycles. The van der Waals surface area contributed by atoms with Crippen LogP contribution in [-0.4, -0.2) is 21.5 Å². The Hall–Kier alpha value is -3.60. The van der Waals surface area contributed by atoms with Gasteiger partial charge in [-0.05, 0) is 73.4 Å². The molecule has 32 heavy (non-hydrogen) atoms. The number of rotatable bonds is 5. The summed E-state index contributed by atoms with van der Waals surface area (Å²) in [6.07, 6.45) is 0. The van der Waals surface area contributed by atoms with E-state index in [4.69, 9.17) is 4.74 Å². The van der Waals surface area contributed by atoms with Crippen LogP contribution in [0.1, 0.15) is 40.2 Å². The number of hydrogen-bond acceptors (Lipinski definition) is 3. The third-order valence-corrected chi connectivity index (χ3v) is 5.45. The molecule has 5 heteroatoms. The molecule has 3 aromatic carbocycles. The molecule has 1 amide bonds. The van der Waals surface area contributed by atoms with Crippen LogP contribution in [0.3, 0.4) is 0 Å². The van der Waals surface area contributed by atoms with Crippen molar-refractivity contribution in [2.24, 2.45) is 0 Å². The Labute approximate surface area is 188 Å². The molecule has 2 N–H and O–H groups in total. The number of amides is 1.